The molecule has 2 heterocycles. The van der Waals surface area contributed by atoms with Gasteiger partial charge in [0.2, 0.25) is 5.91 Å². The van der Waals surface area contributed by atoms with Crippen LogP contribution >= 0.6 is 0 Å². The minimum atomic E-state index is -1.80. The molecule has 100 heavy (non-hydrogen) atoms. The molecule has 0 aromatic carbocycles. The third kappa shape index (κ3) is 50.9. The van der Waals surface area contributed by atoms with Crippen molar-refractivity contribution in [2.45, 2.75) is 408 Å². The Hall–Kier alpha value is -3.35. The molecule has 0 saturated carbocycles. The Kier molecular flexibility index (Phi) is 63.7. The van der Waals surface area contributed by atoms with E-state index in [0.717, 1.165) is 83.5 Å². The highest BCUT2D eigenvalue weighted by molar-refractivity contribution is 5.76. The average Bonchev–Trinajstić information content (AvgIpc) is 0.791. The summed E-state index contributed by atoms with van der Waals surface area (Å²) >= 11 is 0. The monoisotopic (exact) mass is 1410 g/mol. The van der Waals surface area contributed by atoms with Crippen molar-refractivity contribution in [1.29, 1.82) is 0 Å². The van der Waals surface area contributed by atoms with Crippen LogP contribution in [-0.2, 0) is 23.7 Å². The van der Waals surface area contributed by atoms with Crippen molar-refractivity contribution in [1.82, 2.24) is 5.32 Å². The van der Waals surface area contributed by atoms with Crippen LogP contribution in [0.4, 0.5) is 0 Å². The number of allylic oxidation sites excluding steroid dienone is 17. The standard InChI is InChI=1S/C86H151NO13/c1-3-5-7-9-11-13-15-17-19-21-23-25-27-29-31-33-35-37-39-41-43-45-47-49-51-53-55-57-59-61-63-65-67-69-75(90)74(73-97-85-83(96)81(94)84(77(72-89)99-85)100-86-82(95)80(93)79(92)76(71-88)98-86)87-78(91)70-68-66-64-62-60-58-56-54-52-50-48-46-44-42-40-38-36-34-32-30-28-26-24-22-20-18-16-14-12-10-8-6-4-2/h6,8,12,14,18,20,24,26,30,32,36,38,51,53,59,61,67,69,74-77,79-86,88-90,92-96H,3-5,7,9-11,13,15-17,19,21-23,25,27-29,31,33-35,37,39-50,52,54-58,60,62-66,68,70-73H2,1-2H3,(H,87,91)/b8-6-,14-12-,20-18-,26-24-,32-30-,38-36-,53-51+,61-59+,69-67+. The predicted octanol–water partition coefficient (Wildman–Crippen LogP) is 19.0. The van der Waals surface area contributed by atoms with Gasteiger partial charge in [-0.1, -0.05) is 342 Å². The Morgan fingerprint density at radius 2 is 0.700 bits per heavy atom. The van der Waals surface area contributed by atoms with E-state index in [1.165, 1.54) is 218 Å². The molecule has 12 atom stereocenters. The van der Waals surface area contributed by atoms with Crippen molar-refractivity contribution in [3.05, 3.63) is 109 Å². The number of hydrogen-bond donors (Lipinski definition) is 9. The predicted molar refractivity (Wildman–Crippen MR) is 415 cm³/mol. The molecule has 0 bridgehead atoms. The largest absolute Gasteiger partial charge is 0.394 e. The van der Waals surface area contributed by atoms with Crippen LogP contribution in [0.15, 0.2) is 109 Å². The highest BCUT2D eigenvalue weighted by Gasteiger charge is 2.51. The first-order valence-corrected chi connectivity index (χ1v) is 41.1. The summed E-state index contributed by atoms with van der Waals surface area (Å²) in [5.41, 5.74) is 0. The van der Waals surface area contributed by atoms with Crippen molar-refractivity contribution in [2.24, 2.45) is 0 Å². The molecule has 2 aliphatic heterocycles. The summed E-state index contributed by atoms with van der Waals surface area (Å²) in [6.07, 6.45) is 83.2. The van der Waals surface area contributed by atoms with E-state index in [-0.39, 0.29) is 18.9 Å². The highest BCUT2D eigenvalue weighted by atomic mass is 16.7. The van der Waals surface area contributed by atoms with Crippen molar-refractivity contribution in [2.75, 3.05) is 19.8 Å². The highest BCUT2D eigenvalue weighted by Crippen LogP contribution is 2.30. The lowest BCUT2D eigenvalue weighted by molar-refractivity contribution is -0.359. The van der Waals surface area contributed by atoms with Gasteiger partial charge in [-0.05, 0) is 96.3 Å². The van der Waals surface area contributed by atoms with Crippen molar-refractivity contribution < 1.29 is 64.6 Å². The van der Waals surface area contributed by atoms with Crippen LogP contribution in [0.25, 0.3) is 0 Å². The molecular weight excluding hydrogens is 1250 g/mol. The molecule has 578 valence electrons. The summed E-state index contributed by atoms with van der Waals surface area (Å²) in [7, 11) is 0. The first kappa shape index (κ1) is 92.7. The number of nitrogens with one attached hydrogen (secondary N) is 1. The fourth-order valence-electron chi connectivity index (χ4n) is 13.0. The molecule has 2 aliphatic rings. The quantitative estimate of drug-likeness (QED) is 0.0204. The lowest BCUT2D eigenvalue weighted by Gasteiger charge is -2.46. The molecular formula is C86H151NO13. The molecule has 0 spiro atoms. The number of amides is 1. The summed E-state index contributed by atoms with van der Waals surface area (Å²) in [5, 5.41) is 87.7. The van der Waals surface area contributed by atoms with Crippen molar-refractivity contribution in [3.63, 3.8) is 0 Å². The fraction of sp³-hybridized carbons (Fsp3) is 0.779. The maximum absolute atomic E-state index is 13.4. The second-order valence-electron chi connectivity index (χ2n) is 28.5. The Morgan fingerprint density at radius 3 is 1.10 bits per heavy atom. The first-order valence-electron chi connectivity index (χ1n) is 41.1. The summed E-state index contributed by atoms with van der Waals surface area (Å²) in [4.78, 5) is 13.4. The maximum atomic E-state index is 13.4. The van der Waals surface area contributed by atoms with Gasteiger partial charge in [-0.15, -0.1) is 0 Å². The van der Waals surface area contributed by atoms with E-state index in [2.05, 4.69) is 116 Å². The molecule has 2 saturated heterocycles. The van der Waals surface area contributed by atoms with E-state index in [9.17, 15) is 45.6 Å². The number of carbonyl (C=O) groups excluding carboxylic acids is 1. The molecule has 2 fully saturated rings. The fourth-order valence-corrected chi connectivity index (χ4v) is 13.0. The molecule has 12 unspecified atom stereocenters. The first-order chi connectivity index (χ1) is 49.1. The number of hydrogen-bond acceptors (Lipinski definition) is 13. The third-order valence-corrected chi connectivity index (χ3v) is 19.4. The molecule has 1 amide bonds. The molecule has 0 aromatic heterocycles. The van der Waals surface area contributed by atoms with Gasteiger partial charge in [0.1, 0.15) is 48.8 Å². The average molecular weight is 1410 g/mol. The summed E-state index contributed by atoms with van der Waals surface area (Å²) in [6.45, 7) is 2.70. The topological polar surface area (TPSA) is 228 Å². The molecule has 0 aromatic rings. The van der Waals surface area contributed by atoms with E-state index < -0.39 is 86.8 Å². The minimum Gasteiger partial charge on any atom is -0.394 e. The zero-order valence-electron chi connectivity index (χ0n) is 63.4. The van der Waals surface area contributed by atoms with Gasteiger partial charge in [0.25, 0.3) is 0 Å². The maximum Gasteiger partial charge on any atom is 0.220 e. The summed E-state index contributed by atoms with van der Waals surface area (Å²) in [6, 6.07) is -0.947. The van der Waals surface area contributed by atoms with Crippen LogP contribution < -0.4 is 5.32 Å². The molecule has 0 aliphatic carbocycles. The van der Waals surface area contributed by atoms with Gasteiger partial charge < -0.3 is 65.1 Å². The Morgan fingerprint density at radius 1 is 0.370 bits per heavy atom. The van der Waals surface area contributed by atoms with Gasteiger partial charge in [0.05, 0.1) is 32.0 Å². The van der Waals surface area contributed by atoms with Crippen LogP contribution in [0.2, 0.25) is 0 Å². The number of carbonyl (C=O) groups is 1. The van der Waals surface area contributed by atoms with Crippen LogP contribution in [0.5, 0.6) is 0 Å². The van der Waals surface area contributed by atoms with Crippen LogP contribution in [-0.4, -0.2) is 140 Å². The number of aliphatic hydroxyl groups is 8. The smallest absolute Gasteiger partial charge is 0.220 e. The number of ether oxygens (including phenoxy) is 4. The second kappa shape index (κ2) is 68.7. The number of rotatable bonds is 68. The second-order valence-corrected chi connectivity index (χ2v) is 28.5. The Labute approximate surface area is 610 Å². The van der Waals surface area contributed by atoms with E-state index in [0.29, 0.717) is 12.8 Å². The Bertz CT molecular complexity index is 2100. The third-order valence-electron chi connectivity index (χ3n) is 19.4. The minimum absolute atomic E-state index is 0.254. The van der Waals surface area contributed by atoms with Crippen LogP contribution in [0, 0.1) is 0 Å². The van der Waals surface area contributed by atoms with E-state index in [1.54, 1.807) is 6.08 Å². The van der Waals surface area contributed by atoms with Gasteiger partial charge in [-0.2, -0.15) is 0 Å². The van der Waals surface area contributed by atoms with E-state index >= 15 is 0 Å². The van der Waals surface area contributed by atoms with E-state index in [1.807, 2.05) is 6.08 Å². The van der Waals surface area contributed by atoms with Crippen molar-refractivity contribution in [3.8, 4) is 0 Å². The van der Waals surface area contributed by atoms with Gasteiger partial charge in [0.15, 0.2) is 12.6 Å². The lowest BCUT2D eigenvalue weighted by atomic mass is 9.97. The molecule has 9 N–H and O–H groups in total. The lowest BCUT2D eigenvalue weighted by Crippen LogP contribution is -2.65. The SMILES string of the molecule is CC/C=C\C/C=C\C/C=C\C/C=C\C/C=C\C/C=C\CCCCCCCCCCCCCCCCC(=O)NC(COC1OC(CO)C(OC2OC(CO)C(O)C(O)C2O)C(O)C1O)C(O)/C=C/CC/C=C/CC/C=C/CCCCCCCCCCCCCCCCCCCCCCCCC. The molecule has 14 heteroatoms. The van der Waals surface area contributed by atoms with Crippen LogP contribution in [0.3, 0.4) is 0 Å². The van der Waals surface area contributed by atoms with Gasteiger partial charge in [-0.3, -0.25) is 4.79 Å². The van der Waals surface area contributed by atoms with Crippen molar-refractivity contribution >= 4 is 5.91 Å². The molecule has 0 radical (unpaired) electrons. The van der Waals surface area contributed by atoms with Gasteiger partial charge in [-0.25, -0.2) is 0 Å². The zero-order valence-corrected chi connectivity index (χ0v) is 63.4. The number of unbranched alkanes of at least 4 members (excludes halogenated alkanes) is 39. The summed E-state index contributed by atoms with van der Waals surface area (Å²) < 4.78 is 22.9. The van der Waals surface area contributed by atoms with Crippen LogP contribution in [0.1, 0.15) is 335 Å². The zero-order chi connectivity index (χ0) is 72.2. The normalized spacial score (nSPS) is 22.4. The molecule has 2 rings (SSSR count). The summed E-state index contributed by atoms with van der Waals surface area (Å²) in [5.74, 6) is -0.254. The number of aliphatic hydroxyl groups excluding tert-OH is 8. The van der Waals surface area contributed by atoms with Gasteiger partial charge >= 0.3 is 0 Å². The van der Waals surface area contributed by atoms with Gasteiger partial charge in [0, 0.05) is 6.42 Å². The molecule has 14 nitrogen and oxygen atoms in total. The van der Waals surface area contributed by atoms with E-state index in [4.69, 9.17) is 18.9 Å². The Balaban J connectivity index is 1.64.